The summed E-state index contributed by atoms with van der Waals surface area (Å²) in [7, 11) is 1.84. The van der Waals surface area contributed by atoms with E-state index in [0.29, 0.717) is 6.42 Å². The van der Waals surface area contributed by atoms with E-state index in [1.54, 1.807) is 4.90 Å². The first kappa shape index (κ1) is 5.60. The van der Waals surface area contributed by atoms with Crippen molar-refractivity contribution in [2.24, 2.45) is 0 Å². The number of β-lactam (4-membered cyclic amide) rings is 1. The zero-order valence-electron chi connectivity index (χ0n) is 5.56. The van der Waals surface area contributed by atoms with Crippen molar-refractivity contribution >= 4 is 5.91 Å². The smallest absolute Gasteiger partial charge is 0.225 e. The second-order valence-electron chi connectivity index (χ2n) is 2.94. The predicted octanol–water partition coefficient (Wildman–Crippen LogP) is 0.627. The van der Waals surface area contributed by atoms with Crippen LogP contribution in [0.5, 0.6) is 0 Å². The van der Waals surface area contributed by atoms with Gasteiger partial charge >= 0.3 is 0 Å². The third-order valence-electron chi connectivity index (χ3n) is 1.87. The molecule has 2 nitrogen and oxygen atoms in total. The molecule has 0 atom stereocenters. The second-order valence-corrected chi connectivity index (χ2v) is 2.94. The molecule has 1 aliphatic rings. The molecule has 0 spiro atoms. The first-order valence-corrected chi connectivity index (χ1v) is 2.81. The monoisotopic (exact) mass is 113 g/mol. The molecular weight excluding hydrogens is 102 g/mol. The normalized spacial score (nSPS) is 25.4. The second kappa shape index (κ2) is 1.24. The highest BCUT2D eigenvalue weighted by Gasteiger charge is 2.39. The van der Waals surface area contributed by atoms with Crippen molar-refractivity contribution in [1.29, 1.82) is 0 Å². The van der Waals surface area contributed by atoms with E-state index in [9.17, 15) is 4.79 Å². The summed E-state index contributed by atoms with van der Waals surface area (Å²) >= 11 is 0. The van der Waals surface area contributed by atoms with Crippen LogP contribution in [0.1, 0.15) is 20.3 Å². The summed E-state index contributed by atoms with van der Waals surface area (Å²) in [6.45, 7) is 4.13. The number of likely N-dealkylation sites (tertiary alicyclic amines) is 1. The van der Waals surface area contributed by atoms with E-state index < -0.39 is 0 Å². The maximum absolute atomic E-state index is 10.6. The highest BCUT2D eigenvalue weighted by atomic mass is 16.2. The maximum atomic E-state index is 10.6. The lowest BCUT2D eigenvalue weighted by Crippen LogP contribution is -2.57. The van der Waals surface area contributed by atoms with Crippen LogP contribution in [-0.2, 0) is 4.79 Å². The van der Waals surface area contributed by atoms with Gasteiger partial charge in [-0.2, -0.15) is 0 Å². The first-order chi connectivity index (χ1) is 3.54. The highest BCUT2D eigenvalue weighted by molar-refractivity contribution is 5.84. The standard InChI is InChI=1S/C6H11NO/c1-6(2)4-5(8)7(6)3/h4H2,1-3H3. The third kappa shape index (κ3) is 0.522. The quantitative estimate of drug-likeness (QED) is 0.422. The van der Waals surface area contributed by atoms with Gasteiger partial charge in [0.15, 0.2) is 0 Å². The van der Waals surface area contributed by atoms with E-state index >= 15 is 0 Å². The lowest BCUT2D eigenvalue weighted by atomic mass is 9.89. The van der Waals surface area contributed by atoms with Crippen molar-refractivity contribution in [3.8, 4) is 0 Å². The maximum Gasteiger partial charge on any atom is 0.225 e. The molecule has 0 N–H and O–H groups in total. The Balaban J connectivity index is 2.60. The number of hydrogen-bond acceptors (Lipinski definition) is 1. The van der Waals surface area contributed by atoms with Crippen molar-refractivity contribution in [3.63, 3.8) is 0 Å². The van der Waals surface area contributed by atoms with Crippen LogP contribution in [0.15, 0.2) is 0 Å². The number of hydrogen-bond donors (Lipinski definition) is 0. The molecule has 0 aromatic rings. The summed E-state index contributed by atoms with van der Waals surface area (Å²) in [5, 5.41) is 0. The SMILES string of the molecule is CN1C(=O)CC1(C)C. The minimum atomic E-state index is 0.136. The van der Waals surface area contributed by atoms with Crippen LogP contribution in [0.2, 0.25) is 0 Å². The van der Waals surface area contributed by atoms with E-state index in [1.807, 2.05) is 7.05 Å². The fourth-order valence-corrected chi connectivity index (χ4v) is 0.854. The molecule has 0 radical (unpaired) electrons. The third-order valence-corrected chi connectivity index (χ3v) is 1.87. The summed E-state index contributed by atoms with van der Waals surface area (Å²) in [6, 6.07) is 0. The molecule has 1 rings (SSSR count). The van der Waals surface area contributed by atoms with Crippen LogP contribution in [0.3, 0.4) is 0 Å². The van der Waals surface area contributed by atoms with Gasteiger partial charge in [-0.25, -0.2) is 0 Å². The van der Waals surface area contributed by atoms with Gasteiger partial charge in [0.05, 0.1) is 0 Å². The molecule has 1 saturated heterocycles. The summed E-state index contributed by atoms with van der Waals surface area (Å²) < 4.78 is 0. The van der Waals surface area contributed by atoms with Gasteiger partial charge in [0, 0.05) is 19.0 Å². The van der Waals surface area contributed by atoms with Gasteiger partial charge in [0.2, 0.25) is 5.91 Å². The van der Waals surface area contributed by atoms with Crippen LogP contribution < -0.4 is 0 Å². The molecular formula is C6H11NO. The molecule has 1 fully saturated rings. The van der Waals surface area contributed by atoms with Crippen molar-refractivity contribution in [3.05, 3.63) is 0 Å². The van der Waals surface area contributed by atoms with Gasteiger partial charge in [-0.1, -0.05) is 0 Å². The van der Waals surface area contributed by atoms with Gasteiger partial charge in [-0.05, 0) is 13.8 Å². The minimum absolute atomic E-state index is 0.136. The summed E-state index contributed by atoms with van der Waals surface area (Å²) in [4.78, 5) is 12.3. The van der Waals surface area contributed by atoms with E-state index in [2.05, 4.69) is 13.8 Å². The van der Waals surface area contributed by atoms with Gasteiger partial charge < -0.3 is 4.90 Å². The molecule has 8 heavy (non-hydrogen) atoms. The fourth-order valence-electron chi connectivity index (χ4n) is 0.854. The average Bonchev–Trinajstić information content (AvgIpc) is 1.65. The van der Waals surface area contributed by atoms with Crippen molar-refractivity contribution < 1.29 is 4.79 Å². The number of carbonyl (C=O) groups excluding carboxylic acids is 1. The molecule has 1 heterocycles. The van der Waals surface area contributed by atoms with Gasteiger partial charge in [-0.3, -0.25) is 4.79 Å². The zero-order valence-corrected chi connectivity index (χ0v) is 5.56. The van der Waals surface area contributed by atoms with Crippen LogP contribution in [0.4, 0.5) is 0 Å². The van der Waals surface area contributed by atoms with Gasteiger partial charge in [0.1, 0.15) is 0 Å². The predicted molar refractivity (Wildman–Crippen MR) is 31.5 cm³/mol. The Hall–Kier alpha value is -0.530. The molecule has 1 amide bonds. The van der Waals surface area contributed by atoms with E-state index in [0.717, 1.165) is 0 Å². The number of nitrogens with zero attached hydrogens (tertiary/aromatic N) is 1. The Labute approximate surface area is 49.5 Å². The molecule has 46 valence electrons. The van der Waals surface area contributed by atoms with Crippen molar-refractivity contribution in [2.45, 2.75) is 25.8 Å². The summed E-state index contributed by atoms with van der Waals surface area (Å²) in [6.07, 6.45) is 0.712. The fraction of sp³-hybridized carbons (Fsp3) is 0.833. The molecule has 0 saturated carbocycles. The molecule has 0 aromatic heterocycles. The molecule has 2 heteroatoms. The molecule has 0 aliphatic carbocycles. The van der Waals surface area contributed by atoms with Crippen LogP contribution in [-0.4, -0.2) is 23.4 Å². The van der Waals surface area contributed by atoms with E-state index in [-0.39, 0.29) is 11.4 Å². The highest BCUT2D eigenvalue weighted by Crippen LogP contribution is 2.27. The number of amides is 1. The Morgan fingerprint density at radius 3 is 2.12 bits per heavy atom. The van der Waals surface area contributed by atoms with E-state index in [4.69, 9.17) is 0 Å². The Morgan fingerprint density at radius 2 is 2.12 bits per heavy atom. The summed E-state index contributed by atoms with van der Waals surface area (Å²) in [5.41, 5.74) is 0.136. The average molecular weight is 113 g/mol. The molecule has 0 aromatic carbocycles. The number of rotatable bonds is 0. The first-order valence-electron chi connectivity index (χ1n) is 2.81. The van der Waals surface area contributed by atoms with Crippen molar-refractivity contribution in [1.82, 2.24) is 4.90 Å². The molecule has 1 aliphatic heterocycles. The van der Waals surface area contributed by atoms with Crippen LogP contribution in [0, 0.1) is 0 Å². The Bertz CT molecular complexity index is 128. The van der Waals surface area contributed by atoms with Gasteiger partial charge in [0.25, 0.3) is 0 Å². The lowest BCUT2D eigenvalue weighted by molar-refractivity contribution is -0.150. The topological polar surface area (TPSA) is 20.3 Å². The minimum Gasteiger partial charge on any atom is -0.340 e. The number of carbonyl (C=O) groups is 1. The largest absolute Gasteiger partial charge is 0.340 e. The van der Waals surface area contributed by atoms with Crippen molar-refractivity contribution in [2.75, 3.05) is 7.05 Å². The van der Waals surface area contributed by atoms with Crippen LogP contribution >= 0.6 is 0 Å². The lowest BCUT2D eigenvalue weighted by Gasteiger charge is -2.45. The summed E-state index contributed by atoms with van der Waals surface area (Å²) in [5.74, 6) is 0.259. The molecule has 0 unspecified atom stereocenters. The molecule has 0 bridgehead atoms. The van der Waals surface area contributed by atoms with Gasteiger partial charge in [-0.15, -0.1) is 0 Å². The zero-order chi connectivity index (χ0) is 6.36. The Kier molecular flexibility index (Phi) is 0.872. The van der Waals surface area contributed by atoms with E-state index in [1.165, 1.54) is 0 Å². The van der Waals surface area contributed by atoms with Crippen LogP contribution in [0.25, 0.3) is 0 Å². The Morgan fingerprint density at radius 1 is 1.62 bits per heavy atom.